The van der Waals surface area contributed by atoms with Gasteiger partial charge in [-0.05, 0) is 32.1 Å². The van der Waals surface area contributed by atoms with Crippen LogP contribution in [0.15, 0.2) is 0 Å². The zero-order chi connectivity index (χ0) is 26.9. The lowest BCUT2D eigenvalue weighted by Gasteiger charge is -2.17. The van der Waals surface area contributed by atoms with E-state index in [1.165, 1.54) is 83.5 Å². The molecule has 0 fully saturated rings. The highest BCUT2D eigenvalue weighted by Crippen LogP contribution is 2.13. The van der Waals surface area contributed by atoms with Gasteiger partial charge in [0.25, 0.3) is 0 Å². The number of unbranched alkanes of at least 4 members (excludes halogenated alkanes) is 16. The smallest absolute Gasteiger partial charge is 0.239 e. The Labute approximate surface area is 222 Å². The Bertz CT molecular complexity index is 554. The number of rotatable bonds is 27. The molecule has 0 radical (unpaired) electrons. The van der Waals surface area contributed by atoms with E-state index in [9.17, 15) is 14.4 Å². The first-order valence-corrected chi connectivity index (χ1v) is 15.3. The number of nitrogens with two attached hydrogens (primary N) is 2. The van der Waals surface area contributed by atoms with Crippen LogP contribution in [0.5, 0.6) is 0 Å². The van der Waals surface area contributed by atoms with E-state index in [-0.39, 0.29) is 11.7 Å². The highest BCUT2D eigenvalue weighted by atomic mass is 16.2. The molecule has 0 spiro atoms. The zero-order valence-corrected chi connectivity index (χ0v) is 23.8. The summed E-state index contributed by atoms with van der Waals surface area (Å²) in [5, 5.41) is 2.78. The van der Waals surface area contributed by atoms with Gasteiger partial charge in [-0.3, -0.25) is 14.4 Å². The number of primary amides is 1. The van der Waals surface area contributed by atoms with E-state index in [0.29, 0.717) is 32.1 Å². The molecular formula is C30H59N3O3. The third-order valence-corrected chi connectivity index (χ3v) is 7.13. The molecule has 2 amide bonds. The third kappa shape index (κ3) is 21.8. The summed E-state index contributed by atoms with van der Waals surface area (Å²) in [6, 6.07) is -1.18. The molecule has 0 saturated carbocycles. The van der Waals surface area contributed by atoms with E-state index in [4.69, 9.17) is 11.5 Å². The molecule has 6 heteroatoms. The number of Topliss-reactive ketones (excluding diaryl/α,β-unsaturated/α-hetero) is 1. The van der Waals surface area contributed by atoms with Gasteiger partial charge in [0, 0.05) is 12.8 Å². The van der Waals surface area contributed by atoms with Crippen LogP contribution in [0.1, 0.15) is 162 Å². The number of carbonyl (C=O) groups is 3. The second kappa shape index (κ2) is 25.2. The molecule has 0 aromatic carbocycles. The third-order valence-electron chi connectivity index (χ3n) is 7.13. The lowest BCUT2D eigenvalue weighted by Crippen LogP contribution is -2.44. The normalized spacial score (nSPS) is 12.9. The summed E-state index contributed by atoms with van der Waals surface area (Å²) in [6.45, 7) is 4.46. The largest absolute Gasteiger partial charge is 0.368 e. The fourth-order valence-corrected chi connectivity index (χ4v) is 4.65. The summed E-state index contributed by atoms with van der Waals surface area (Å²) in [7, 11) is 0. The molecular weight excluding hydrogens is 450 g/mol. The van der Waals surface area contributed by atoms with Crippen LogP contribution in [0.25, 0.3) is 0 Å². The molecule has 6 nitrogen and oxygen atoms in total. The van der Waals surface area contributed by atoms with Gasteiger partial charge in [0.1, 0.15) is 11.8 Å². The second-order valence-corrected chi connectivity index (χ2v) is 10.7. The molecule has 5 N–H and O–H groups in total. The second-order valence-electron chi connectivity index (χ2n) is 10.7. The molecule has 2 atom stereocenters. The molecule has 0 saturated heterocycles. The molecule has 0 aliphatic rings. The average molecular weight is 510 g/mol. The number of hydrogen-bond donors (Lipinski definition) is 3. The van der Waals surface area contributed by atoms with E-state index < -0.39 is 18.0 Å². The van der Waals surface area contributed by atoms with Gasteiger partial charge in [0.15, 0.2) is 0 Å². The minimum Gasteiger partial charge on any atom is -0.368 e. The van der Waals surface area contributed by atoms with Crippen LogP contribution in [0.2, 0.25) is 0 Å². The van der Waals surface area contributed by atoms with Gasteiger partial charge in [-0.1, -0.05) is 117 Å². The first-order valence-electron chi connectivity index (χ1n) is 15.3. The Morgan fingerprint density at radius 1 is 0.583 bits per heavy atom. The molecule has 212 valence electrons. The maximum absolute atomic E-state index is 12.3. The van der Waals surface area contributed by atoms with Gasteiger partial charge in [0.2, 0.25) is 11.8 Å². The molecule has 1 unspecified atom stereocenters. The van der Waals surface area contributed by atoms with Crippen molar-refractivity contribution < 1.29 is 14.4 Å². The Balaban J connectivity index is 3.87. The maximum Gasteiger partial charge on any atom is 0.239 e. The van der Waals surface area contributed by atoms with E-state index in [0.717, 1.165) is 32.1 Å². The molecule has 0 aliphatic heterocycles. The molecule has 36 heavy (non-hydrogen) atoms. The van der Waals surface area contributed by atoms with Crippen molar-refractivity contribution in [1.29, 1.82) is 0 Å². The van der Waals surface area contributed by atoms with Gasteiger partial charge in [0.05, 0.1) is 6.04 Å². The summed E-state index contributed by atoms with van der Waals surface area (Å²) >= 11 is 0. The van der Waals surface area contributed by atoms with Crippen molar-refractivity contribution in [1.82, 2.24) is 5.32 Å². The van der Waals surface area contributed by atoms with Crippen LogP contribution in [0.4, 0.5) is 0 Å². The summed E-state index contributed by atoms with van der Waals surface area (Å²) in [4.78, 5) is 36.3. The SMILES string of the molecule is CCCCCCCCCCCC(=O)N[C@@H](CCCC(N)C(=O)CCCCCCCCCCC)C(N)=O. The average Bonchev–Trinajstić information content (AvgIpc) is 2.85. The lowest BCUT2D eigenvalue weighted by atomic mass is 9.99. The van der Waals surface area contributed by atoms with Crippen molar-refractivity contribution in [2.45, 2.75) is 174 Å². The fraction of sp³-hybridized carbons (Fsp3) is 0.900. The molecule has 0 bridgehead atoms. The quantitative estimate of drug-likeness (QED) is 0.105. The van der Waals surface area contributed by atoms with Crippen molar-refractivity contribution in [2.75, 3.05) is 0 Å². The number of amides is 2. The monoisotopic (exact) mass is 509 g/mol. The van der Waals surface area contributed by atoms with Crippen LogP contribution in [0.3, 0.4) is 0 Å². The van der Waals surface area contributed by atoms with Crippen molar-refractivity contribution >= 4 is 17.6 Å². The van der Waals surface area contributed by atoms with E-state index in [1.54, 1.807) is 0 Å². The summed E-state index contributed by atoms with van der Waals surface area (Å²) in [5.41, 5.74) is 11.6. The van der Waals surface area contributed by atoms with Crippen LogP contribution < -0.4 is 16.8 Å². The van der Waals surface area contributed by atoms with Gasteiger partial charge >= 0.3 is 0 Å². The van der Waals surface area contributed by atoms with E-state index in [2.05, 4.69) is 19.2 Å². The first-order chi connectivity index (χ1) is 17.4. The van der Waals surface area contributed by atoms with Gasteiger partial charge < -0.3 is 16.8 Å². The Hall–Kier alpha value is -1.43. The predicted molar refractivity (Wildman–Crippen MR) is 152 cm³/mol. The van der Waals surface area contributed by atoms with Crippen LogP contribution >= 0.6 is 0 Å². The Kier molecular flexibility index (Phi) is 24.2. The minimum absolute atomic E-state index is 0.1000. The summed E-state index contributed by atoms with van der Waals surface area (Å²) in [6.07, 6.45) is 24.3. The van der Waals surface area contributed by atoms with E-state index in [1.807, 2.05) is 0 Å². The molecule has 0 heterocycles. The Morgan fingerprint density at radius 2 is 1.00 bits per heavy atom. The molecule has 0 aromatic rings. The number of nitrogens with one attached hydrogen (secondary N) is 1. The Morgan fingerprint density at radius 3 is 1.44 bits per heavy atom. The molecule has 0 aliphatic carbocycles. The minimum atomic E-state index is -0.685. The predicted octanol–water partition coefficient (Wildman–Crippen LogP) is 6.87. The number of carbonyl (C=O) groups excluding carboxylic acids is 3. The fourth-order valence-electron chi connectivity index (χ4n) is 4.65. The van der Waals surface area contributed by atoms with Crippen molar-refractivity contribution in [2.24, 2.45) is 11.5 Å². The van der Waals surface area contributed by atoms with Crippen molar-refractivity contribution in [3.8, 4) is 0 Å². The topological polar surface area (TPSA) is 115 Å². The zero-order valence-electron chi connectivity index (χ0n) is 23.8. The van der Waals surface area contributed by atoms with Crippen molar-refractivity contribution in [3.05, 3.63) is 0 Å². The number of hydrogen-bond acceptors (Lipinski definition) is 4. The van der Waals surface area contributed by atoms with Gasteiger partial charge in [-0.25, -0.2) is 0 Å². The first kappa shape index (κ1) is 34.6. The standard InChI is InChI=1S/C30H59N3O3/c1-3-5-7-9-11-13-15-17-19-24-28(34)26(31)22-21-23-27(30(32)36)33-29(35)25-20-18-16-14-12-10-8-6-4-2/h26-27H,3-25,31H2,1-2H3,(H2,32,36)(H,33,35)/t26?,27-/m0/s1. The van der Waals surface area contributed by atoms with E-state index >= 15 is 0 Å². The van der Waals surface area contributed by atoms with Crippen LogP contribution in [-0.4, -0.2) is 29.7 Å². The van der Waals surface area contributed by atoms with Gasteiger partial charge in [-0.2, -0.15) is 0 Å². The van der Waals surface area contributed by atoms with Crippen molar-refractivity contribution in [3.63, 3.8) is 0 Å². The maximum atomic E-state index is 12.3. The van der Waals surface area contributed by atoms with Crippen LogP contribution in [-0.2, 0) is 14.4 Å². The summed E-state index contributed by atoms with van der Waals surface area (Å²) in [5.74, 6) is -0.541. The molecule has 0 rings (SSSR count). The molecule has 0 aromatic heterocycles. The van der Waals surface area contributed by atoms with Crippen LogP contribution in [0, 0.1) is 0 Å². The summed E-state index contributed by atoms with van der Waals surface area (Å²) < 4.78 is 0. The highest BCUT2D eigenvalue weighted by Gasteiger charge is 2.19. The lowest BCUT2D eigenvalue weighted by molar-refractivity contribution is -0.127. The highest BCUT2D eigenvalue weighted by molar-refractivity contribution is 5.86. The number of ketones is 1. The van der Waals surface area contributed by atoms with Gasteiger partial charge in [-0.15, -0.1) is 0 Å².